The number of hydrogen-bond acceptors (Lipinski definition) is 2. The van der Waals surface area contributed by atoms with E-state index in [9.17, 15) is 0 Å². The summed E-state index contributed by atoms with van der Waals surface area (Å²) in [5, 5.41) is 0.637. The molecule has 84 valence electrons. The number of hydrogen-bond donors (Lipinski definition) is 0. The number of rotatable bonds is 4. The number of methoxy groups -OCH3 is 1. The van der Waals surface area contributed by atoms with Gasteiger partial charge in [0.15, 0.2) is 0 Å². The fourth-order valence-corrected chi connectivity index (χ4v) is 3.29. The van der Waals surface area contributed by atoms with Gasteiger partial charge in [0, 0.05) is 11.3 Å². The van der Waals surface area contributed by atoms with Gasteiger partial charge in [0.25, 0.3) is 0 Å². The Hall–Kier alpha value is -0.0931. The molecule has 0 amide bonds. The van der Waals surface area contributed by atoms with E-state index in [1.165, 1.54) is 0 Å². The summed E-state index contributed by atoms with van der Waals surface area (Å²) in [5.41, 5.74) is 0. The molecular formula is C9H11Cl3O2Si. The van der Waals surface area contributed by atoms with Crippen LogP contribution in [-0.4, -0.2) is 19.7 Å². The van der Waals surface area contributed by atoms with Crippen molar-refractivity contribution < 1.29 is 9.47 Å². The lowest BCUT2D eigenvalue weighted by molar-refractivity contribution is 0.336. The molecule has 0 unspecified atom stereocenters. The van der Waals surface area contributed by atoms with E-state index in [4.69, 9.17) is 42.7 Å². The zero-order chi connectivity index (χ0) is 11.5. The fourth-order valence-electron chi connectivity index (χ4n) is 1.16. The molecular weight excluding hydrogens is 275 g/mol. The van der Waals surface area contributed by atoms with Gasteiger partial charge in [-0.1, -0.05) is 6.07 Å². The minimum atomic E-state index is -2.91. The molecule has 0 fully saturated rings. The second-order valence-electron chi connectivity index (χ2n) is 2.79. The molecule has 0 atom stereocenters. The van der Waals surface area contributed by atoms with E-state index >= 15 is 0 Å². The zero-order valence-corrected chi connectivity index (χ0v) is 11.7. The number of halogens is 3. The molecule has 0 heterocycles. The summed E-state index contributed by atoms with van der Waals surface area (Å²) in [5.74, 6) is 1.27. The van der Waals surface area contributed by atoms with Gasteiger partial charge in [-0.15, -0.1) is 33.2 Å². The minimum absolute atomic E-state index is 0.563. The number of benzene rings is 1. The van der Waals surface area contributed by atoms with Crippen molar-refractivity contribution in [1.82, 2.24) is 0 Å². The van der Waals surface area contributed by atoms with Crippen molar-refractivity contribution >= 4 is 44.4 Å². The van der Waals surface area contributed by atoms with Gasteiger partial charge in [-0.05, 0) is 13.0 Å². The Kier molecular flexibility index (Phi) is 4.58. The lowest BCUT2D eigenvalue weighted by atomic mass is 10.3. The Labute approximate surface area is 104 Å². The van der Waals surface area contributed by atoms with Crippen molar-refractivity contribution in [2.75, 3.05) is 13.7 Å². The van der Waals surface area contributed by atoms with Gasteiger partial charge in [0.1, 0.15) is 11.5 Å². The molecule has 15 heavy (non-hydrogen) atoms. The van der Waals surface area contributed by atoms with Crippen LogP contribution in [0.3, 0.4) is 0 Å². The summed E-state index contributed by atoms with van der Waals surface area (Å²) in [4.78, 5) is 0. The van der Waals surface area contributed by atoms with E-state index in [-0.39, 0.29) is 0 Å². The van der Waals surface area contributed by atoms with Gasteiger partial charge in [0.05, 0.1) is 13.7 Å². The van der Waals surface area contributed by atoms with Crippen LogP contribution < -0.4 is 14.7 Å². The van der Waals surface area contributed by atoms with Crippen LogP contribution in [0.15, 0.2) is 18.2 Å². The van der Waals surface area contributed by atoms with Gasteiger partial charge in [0.2, 0.25) is 0 Å². The molecule has 0 aromatic heterocycles. The minimum Gasteiger partial charge on any atom is -0.497 e. The highest BCUT2D eigenvalue weighted by molar-refractivity contribution is 7.69. The van der Waals surface area contributed by atoms with Crippen LogP contribution in [0.25, 0.3) is 0 Å². The Balaban J connectivity index is 3.09. The van der Waals surface area contributed by atoms with Crippen LogP contribution in [0.2, 0.25) is 0 Å². The molecule has 1 aromatic carbocycles. The summed E-state index contributed by atoms with van der Waals surface area (Å²) in [6, 6.07) is 2.33. The summed E-state index contributed by atoms with van der Waals surface area (Å²) < 4.78 is 10.5. The molecule has 1 aromatic rings. The molecule has 1 rings (SSSR count). The average molecular weight is 286 g/mol. The average Bonchev–Trinajstić information content (AvgIpc) is 2.16. The van der Waals surface area contributed by atoms with E-state index in [2.05, 4.69) is 0 Å². The van der Waals surface area contributed by atoms with Crippen molar-refractivity contribution in [3.63, 3.8) is 0 Å². The quantitative estimate of drug-likeness (QED) is 0.625. The predicted molar refractivity (Wildman–Crippen MR) is 67.1 cm³/mol. The molecule has 0 radical (unpaired) electrons. The van der Waals surface area contributed by atoms with Crippen LogP contribution in [0, 0.1) is 0 Å². The SMILES string of the molecule is CCOc1ccc([Si](Cl)(Cl)Cl)c(OC)c1. The molecule has 0 spiro atoms. The maximum absolute atomic E-state index is 5.92. The Morgan fingerprint density at radius 1 is 1.27 bits per heavy atom. The predicted octanol–water partition coefficient (Wildman–Crippen LogP) is 2.96. The Bertz CT molecular complexity index is 339. The molecule has 0 saturated heterocycles. The smallest absolute Gasteiger partial charge is 0.376 e. The second kappa shape index (κ2) is 5.30. The number of ether oxygens (including phenoxy) is 2. The molecule has 0 aliphatic rings. The summed E-state index contributed by atoms with van der Waals surface area (Å²) >= 11 is 17.8. The highest BCUT2D eigenvalue weighted by Crippen LogP contribution is 2.27. The Morgan fingerprint density at radius 2 is 1.93 bits per heavy atom. The molecule has 6 heteroatoms. The van der Waals surface area contributed by atoms with Crippen molar-refractivity contribution in [3.8, 4) is 11.5 Å². The van der Waals surface area contributed by atoms with Gasteiger partial charge in [-0.3, -0.25) is 0 Å². The van der Waals surface area contributed by atoms with E-state index in [1.54, 1.807) is 25.3 Å². The molecule has 0 bridgehead atoms. The van der Waals surface area contributed by atoms with Crippen LogP contribution in [-0.2, 0) is 0 Å². The van der Waals surface area contributed by atoms with Gasteiger partial charge < -0.3 is 9.47 Å². The molecule has 0 aliphatic heterocycles. The second-order valence-corrected chi connectivity index (χ2v) is 11.2. The highest BCUT2D eigenvalue weighted by atomic mass is 35.8. The molecule has 2 nitrogen and oxygen atoms in total. The zero-order valence-electron chi connectivity index (χ0n) is 8.39. The summed E-state index contributed by atoms with van der Waals surface area (Å²) in [7, 11) is 1.54. The first kappa shape index (κ1) is 13.0. The topological polar surface area (TPSA) is 18.5 Å². The summed E-state index contributed by atoms with van der Waals surface area (Å²) in [6.07, 6.45) is 0. The lowest BCUT2D eigenvalue weighted by Gasteiger charge is -2.14. The normalized spacial score (nSPS) is 11.3. The van der Waals surface area contributed by atoms with Crippen molar-refractivity contribution in [2.45, 2.75) is 6.92 Å². The van der Waals surface area contributed by atoms with Crippen molar-refractivity contribution in [1.29, 1.82) is 0 Å². The Morgan fingerprint density at radius 3 is 2.40 bits per heavy atom. The van der Waals surface area contributed by atoms with Crippen LogP contribution >= 0.6 is 33.2 Å². The molecule has 0 aliphatic carbocycles. The van der Waals surface area contributed by atoms with Gasteiger partial charge in [-0.25, -0.2) is 0 Å². The highest BCUT2D eigenvalue weighted by Gasteiger charge is 2.31. The third-order valence-electron chi connectivity index (χ3n) is 1.79. The summed E-state index contributed by atoms with van der Waals surface area (Å²) in [6.45, 7) is 2.50. The van der Waals surface area contributed by atoms with Crippen LogP contribution in [0.1, 0.15) is 6.92 Å². The monoisotopic (exact) mass is 284 g/mol. The first-order valence-corrected chi connectivity index (χ1v) is 9.40. The van der Waals surface area contributed by atoms with Crippen LogP contribution in [0.5, 0.6) is 11.5 Å². The standard InChI is InChI=1S/C9H11Cl3O2Si/c1-3-14-7-4-5-9(15(10,11)12)8(6-7)13-2/h4-6H,3H2,1-2H3. The van der Waals surface area contributed by atoms with Gasteiger partial charge in [-0.2, -0.15) is 0 Å². The van der Waals surface area contributed by atoms with E-state index in [1.807, 2.05) is 6.92 Å². The van der Waals surface area contributed by atoms with Gasteiger partial charge >= 0.3 is 6.00 Å². The fraction of sp³-hybridized carbons (Fsp3) is 0.333. The largest absolute Gasteiger partial charge is 0.497 e. The van der Waals surface area contributed by atoms with E-state index < -0.39 is 6.00 Å². The first-order chi connectivity index (χ1) is 6.99. The third kappa shape index (κ3) is 3.45. The first-order valence-electron chi connectivity index (χ1n) is 4.37. The molecule has 0 saturated carbocycles. The van der Waals surface area contributed by atoms with Crippen molar-refractivity contribution in [2.24, 2.45) is 0 Å². The van der Waals surface area contributed by atoms with Crippen molar-refractivity contribution in [3.05, 3.63) is 18.2 Å². The third-order valence-corrected chi connectivity index (χ3v) is 4.65. The molecule has 0 N–H and O–H groups in total. The van der Waals surface area contributed by atoms with E-state index in [0.29, 0.717) is 23.3 Å². The lowest BCUT2D eigenvalue weighted by Crippen LogP contribution is -2.31. The maximum atomic E-state index is 5.92. The maximum Gasteiger partial charge on any atom is 0.376 e. The van der Waals surface area contributed by atoms with Crippen LogP contribution in [0.4, 0.5) is 0 Å². The van der Waals surface area contributed by atoms with E-state index in [0.717, 1.165) is 0 Å².